The van der Waals surface area contributed by atoms with E-state index < -0.39 is 0 Å². The first-order chi connectivity index (χ1) is 8.61. The van der Waals surface area contributed by atoms with Gasteiger partial charge in [-0.1, -0.05) is 12.2 Å². The van der Waals surface area contributed by atoms with Crippen molar-refractivity contribution in [1.29, 1.82) is 0 Å². The largest absolute Gasteiger partial charge is 0.389 e. The standard InChI is InChI=1S/C11H11N5OS/c1-13-11(17)8-4-5-16(15-8)9-3-2-7(6-14-9)10(12)18/h2-6H,1H3,(H2,12,18)(H,13,17). The van der Waals surface area contributed by atoms with E-state index in [0.29, 0.717) is 22.1 Å². The normalized spacial score (nSPS) is 10.1. The van der Waals surface area contributed by atoms with E-state index in [2.05, 4.69) is 15.4 Å². The fourth-order valence-corrected chi connectivity index (χ4v) is 1.49. The average molecular weight is 261 g/mol. The second-order valence-electron chi connectivity index (χ2n) is 3.49. The van der Waals surface area contributed by atoms with Crippen LogP contribution >= 0.6 is 12.2 Å². The van der Waals surface area contributed by atoms with Crippen molar-refractivity contribution in [2.75, 3.05) is 7.05 Å². The van der Waals surface area contributed by atoms with Crippen molar-refractivity contribution < 1.29 is 4.79 Å². The van der Waals surface area contributed by atoms with E-state index in [1.807, 2.05) is 0 Å². The lowest BCUT2D eigenvalue weighted by molar-refractivity contribution is 0.0957. The lowest BCUT2D eigenvalue weighted by Crippen LogP contribution is -2.18. The number of carbonyl (C=O) groups is 1. The number of carbonyl (C=O) groups excluding carboxylic acids is 1. The minimum atomic E-state index is -0.242. The van der Waals surface area contributed by atoms with Crippen molar-refractivity contribution in [3.8, 4) is 5.82 Å². The third kappa shape index (κ3) is 2.35. The topological polar surface area (TPSA) is 85.8 Å². The molecule has 0 fully saturated rings. The molecule has 0 aliphatic heterocycles. The van der Waals surface area contributed by atoms with Crippen LogP contribution in [0.1, 0.15) is 16.1 Å². The maximum Gasteiger partial charge on any atom is 0.271 e. The first-order valence-corrected chi connectivity index (χ1v) is 5.56. The monoisotopic (exact) mass is 261 g/mol. The van der Waals surface area contributed by atoms with Crippen molar-refractivity contribution in [1.82, 2.24) is 20.1 Å². The summed E-state index contributed by atoms with van der Waals surface area (Å²) in [5.41, 5.74) is 6.50. The van der Waals surface area contributed by atoms with Gasteiger partial charge >= 0.3 is 0 Å². The minimum absolute atomic E-state index is 0.242. The van der Waals surface area contributed by atoms with Crippen LogP contribution in [-0.4, -0.2) is 32.7 Å². The zero-order chi connectivity index (χ0) is 13.1. The lowest BCUT2D eigenvalue weighted by atomic mass is 10.3. The number of hydrogen-bond donors (Lipinski definition) is 2. The molecule has 0 bridgehead atoms. The zero-order valence-electron chi connectivity index (χ0n) is 9.62. The van der Waals surface area contributed by atoms with Crippen molar-refractivity contribution in [3.63, 3.8) is 0 Å². The van der Waals surface area contributed by atoms with Gasteiger partial charge in [-0.05, 0) is 18.2 Å². The highest BCUT2D eigenvalue weighted by atomic mass is 32.1. The Hall–Kier alpha value is -2.28. The molecule has 2 aromatic heterocycles. The summed E-state index contributed by atoms with van der Waals surface area (Å²) in [5.74, 6) is 0.346. The minimum Gasteiger partial charge on any atom is -0.389 e. The Bertz CT molecular complexity index is 590. The number of amides is 1. The Morgan fingerprint density at radius 2 is 2.22 bits per heavy atom. The Morgan fingerprint density at radius 1 is 1.44 bits per heavy atom. The van der Waals surface area contributed by atoms with Crippen LogP contribution in [0.25, 0.3) is 5.82 Å². The molecule has 2 rings (SSSR count). The second kappa shape index (κ2) is 4.92. The highest BCUT2D eigenvalue weighted by Gasteiger charge is 2.08. The van der Waals surface area contributed by atoms with Crippen molar-refractivity contribution in [2.24, 2.45) is 5.73 Å². The van der Waals surface area contributed by atoms with E-state index in [-0.39, 0.29) is 5.91 Å². The van der Waals surface area contributed by atoms with Crippen molar-refractivity contribution >= 4 is 23.1 Å². The van der Waals surface area contributed by atoms with Crippen LogP contribution < -0.4 is 11.1 Å². The molecule has 3 N–H and O–H groups in total. The lowest BCUT2D eigenvalue weighted by Gasteiger charge is -2.01. The first-order valence-electron chi connectivity index (χ1n) is 5.16. The van der Waals surface area contributed by atoms with Gasteiger partial charge in [0, 0.05) is 25.0 Å². The Labute approximate surface area is 109 Å². The number of nitrogens with zero attached hydrogens (tertiary/aromatic N) is 3. The fourth-order valence-electron chi connectivity index (χ4n) is 1.37. The van der Waals surface area contributed by atoms with Crippen molar-refractivity contribution in [3.05, 3.63) is 41.9 Å². The maximum absolute atomic E-state index is 11.4. The van der Waals surface area contributed by atoms with Crippen LogP contribution in [0.5, 0.6) is 0 Å². The smallest absolute Gasteiger partial charge is 0.271 e. The Morgan fingerprint density at radius 3 is 2.78 bits per heavy atom. The van der Waals surface area contributed by atoms with Crippen LogP contribution in [0, 0.1) is 0 Å². The van der Waals surface area contributed by atoms with Gasteiger partial charge in [0.2, 0.25) is 0 Å². The van der Waals surface area contributed by atoms with E-state index in [9.17, 15) is 4.79 Å². The SMILES string of the molecule is CNC(=O)c1ccn(-c2ccc(C(N)=S)cn2)n1. The fraction of sp³-hybridized carbons (Fsp3) is 0.0909. The Balaban J connectivity index is 2.29. The predicted molar refractivity (Wildman–Crippen MR) is 70.6 cm³/mol. The highest BCUT2D eigenvalue weighted by Crippen LogP contribution is 2.06. The van der Waals surface area contributed by atoms with Gasteiger partial charge in [-0.2, -0.15) is 5.10 Å². The van der Waals surface area contributed by atoms with E-state index in [0.717, 1.165) is 0 Å². The van der Waals surface area contributed by atoms with Crippen LogP contribution in [0.2, 0.25) is 0 Å². The molecular formula is C11H11N5OS. The van der Waals surface area contributed by atoms with Crippen LogP contribution in [0.4, 0.5) is 0 Å². The summed E-state index contributed by atoms with van der Waals surface area (Å²) in [5, 5.41) is 6.61. The van der Waals surface area contributed by atoms with Gasteiger partial charge in [0.1, 0.15) is 4.99 Å². The van der Waals surface area contributed by atoms with Crippen LogP contribution in [0.3, 0.4) is 0 Å². The van der Waals surface area contributed by atoms with Gasteiger partial charge in [-0.15, -0.1) is 0 Å². The summed E-state index contributed by atoms with van der Waals surface area (Å²) in [6.45, 7) is 0. The summed E-state index contributed by atoms with van der Waals surface area (Å²) >= 11 is 4.84. The number of hydrogen-bond acceptors (Lipinski definition) is 4. The summed E-state index contributed by atoms with van der Waals surface area (Å²) in [4.78, 5) is 15.8. The number of aromatic nitrogens is 3. The van der Waals surface area contributed by atoms with Crippen molar-refractivity contribution in [2.45, 2.75) is 0 Å². The molecule has 2 aromatic rings. The van der Waals surface area contributed by atoms with E-state index >= 15 is 0 Å². The van der Waals surface area contributed by atoms with Gasteiger partial charge in [0.15, 0.2) is 11.5 Å². The summed E-state index contributed by atoms with van der Waals surface area (Å²) < 4.78 is 1.51. The molecule has 7 heteroatoms. The Kier molecular flexibility index (Phi) is 3.33. The molecule has 0 atom stereocenters. The van der Waals surface area contributed by atoms with E-state index in [1.54, 1.807) is 37.6 Å². The van der Waals surface area contributed by atoms with Gasteiger partial charge in [-0.3, -0.25) is 4.79 Å². The molecule has 2 heterocycles. The number of nitrogens with one attached hydrogen (secondary N) is 1. The molecule has 18 heavy (non-hydrogen) atoms. The van der Waals surface area contributed by atoms with E-state index in [4.69, 9.17) is 18.0 Å². The second-order valence-corrected chi connectivity index (χ2v) is 3.93. The molecule has 0 radical (unpaired) electrons. The first kappa shape index (κ1) is 12.2. The quantitative estimate of drug-likeness (QED) is 0.774. The molecule has 92 valence electrons. The van der Waals surface area contributed by atoms with Crippen LogP contribution in [0.15, 0.2) is 30.6 Å². The maximum atomic E-state index is 11.4. The van der Waals surface area contributed by atoms with Gasteiger partial charge in [0.25, 0.3) is 5.91 Å². The van der Waals surface area contributed by atoms with Gasteiger partial charge in [0.05, 0.1) is 0 Å². The van der Waals surface area contributed by atoms with Gasteiger partial charge in [-0.25, -0.2) is 9.67 Å². The molecule has 0 saturated carbocycles. The molecule has 6 nitrogen and oxygen atoms in total. The van der Waals surface area contributed by atoms with Gasteiger partial charge < -0.3 is 11.1 Å². The predicted octanol–water partition coefficient (Wildman–Crippen LogP) is 0.261. The molecule has 0 aliphatic rings. The number of pyridine rings is 1. The van der Waals surface area contributed by atoms with E-state index in [1.165, 1.54) is 4.68 Å². The molecule has 0 unspecified atom stereocenters. The number of rotatable bonds is 3. The third-order valence-corrected chi connectivity index (χ3v) is 2.55. The molecule has 1 amide bonds. The molecule has 0 aliphatic carbocycles. The third-order valence-electron chi connectivity index (χ3n) is 2.32. The molecule has 0 aromatic carbocycles. The summed E-state index contributed by atoms with van der Waals surface area (Å²) in [7, 11) is 1.55. The summed E-state index contributed by atoms with van der Waals surface area (Å²) in [6, 6.07) is 5.10. The van der Waals surface area contributed by atoms with Crippen LogP contribution in [-0.2, 0) is 0 Å². The number of nitrogens with two attached hydrogens (primary N) is 1. The number of thiocarbonyl (C=S) groups is 1. The zero-order valence-corrected chi connectivity index (χ0v) is 10.4. The average Bonchev–Trinajstić information content (AvgIpc) is 2.87. The molecule has 0 saturated heterocycles. The molecule has 0 spiro atoms. The highest BCUT2D eigenvalue weighted by molar-refractivity contribution is 7.80. The molecular weight excluding hydrogens is 250 g/mol. The summed E-state index contributed by atoms with van der Waals surface area (Å²) in [6.07, 6.45) is 3.23.